The molecule has 130 valence electrons. The van der Waals surface area contributed by atoms with Crippen LogP contribution in [0.1, 0.15) is 36.0 Å². The molecule has 1 aliphatic heterocycles. The third-order valence-electron chi connectivity index (χ3n) is 4.77. The minimum absolute atomic E-state index is 0.231. The Balaban J connectivity index is 1.44. The van der Waals surface area contributed by atoms with Crippen LogP contribution in [-0.2, 0) is 13.1 Å². The highest BCUT2D eigenvalue weighted by Crippen LogP contribution is 2.24. The van der Waals surface area contributed by atoms with Crippen molar-refractivity contribution in [2.24, 2.45) is 0 Å². The summed E-state index contributed by atoms with van der Waals surface area (Å²) in [5.41, 5.74) is 1.04. The zero-order valence-corrected chi connectivity index (χ0v) is 14.1. The maximum Gasteiger partial charge on any atom is 0.340 e. The zero-order chi connectivity index (χ0) is 17.1. The van der Waals surface area contributed by atoms with Gasteiger partial charge in [0.1, 0.15) is 11.6 Å². The maximum absolute atomic E-state index is 11.3. The van der Waals surface area contributed by atoms with Crippen molar-refractivity contribution in [3.05, 3.63) is 70.4 Å². The number of rotatable bonds is 5. The first-order valence-corrected chi connectivity index (χ1v) is 8.69. The molecule has 2 aromatic heterocycles. The highest BCUT2D eigenvalue weighted by atomic mass is 16.1. The van der Waals surface area contributed by atoms with E-state index in [9.17, 15) is 4.79 Å². The molecule has 0 bridgehead atoms. The first-order chi connectivity index (χ1) is 12.3. The van der Waals surface area contributed by atoms with Gasteiger partial charge in [-0.15, -0.1) is 0 Å². The first-order valence-electron chi connectivity index (χ1n) is 8.69. The maximum atomic E-state index is 11.3. The Morgan fingerprint density at radius 3 is 2.88 bits per heavy atom. The summed E-state index contributed by atoms with van der Waals surface area (Å²) in [6.45, 7) is 3.58. The highest BCUT2D eigenvalue weighted by Gasteiger charge is 2.24. The Morgan fingerprint density at radius 2 is 2.08 bits per heavy atom. The molecule has 7 nitrogen and oxygen atoms in total. The number of piperidine rings is 1. The molecule has 1 unspecified atom stereocenters. The summed E-state index contributed by atoms with van der Waals surface area (Å²) in [5, 5.41) is 6.57. The van der Waals surface area contributed by atoms with Crippen LogP contribution in [0.2, 0.25) is 0 Å². The van der Waals surface area contributed by atoms with Crippen LogP contribution in [0.15, 0.2) is 47.5 Å². The number of aromatic amines is 2. The van der Waals surface area contributed by atoms with Gasteiger partial charge in [0.15, 0.2) is 0 Å². The second-order valence-electron chi connectivity index (χ2n) is 6.59. The molecule has 0 spiro atoms. The number of nitrogens with zero attached hydrogens (tertiary/aromatic N) is 4. The topological polar surface area (TPSA) is 82.6 Å². The molecule has 3 heterocycles. The monoisotopic (exact) mass is 338 g/mol. The molecule has 2 N–H and O–H groups in total. The van der Waals surface area contributed by atoms with E-state index in [0.717, 1.165) is 50.7 Å². The second-order valence-corrected chi connectivity index (χ2v) is 6.59. The Labute approximate surface area is 145 Å². The third-order valence-corrected chi connectivity index (χ3v) is 4.77. The number of imidazole rings is 1. The fourth-order valence-corrected chi connectivity index (χ4v) is 3.51. The summed E-state index contributed by atoms with van der Waals surface area (Å²) >= 11 is 0. The molecular formula is C18H22N6O. The van der Waals surface area contributed by atoms with Crippen LogP contribution in [0.4, 0.5) is 0 Å². The minimum Gasteiger partial charge on any atom is -0.329 e. The number of nitrogens with one attached hydrogen (secondary N) is 2. The fourth-order valence-electron chi connectivity index (χ4n) is 3.51. The van der Waals surface area contributed by atoms with E-state index in [-0.39, 0.29) is 11.6 Å². The summed E-state index contributed by atoms with van der Waals surface area (Å²) < 4.78 is 2.20. The van der Waals surface area contributed by atoms with Gasteiger partial charge in [-0.25, -0.2) is 14.9 Å². The van der Waals surface area contributed by atoms with E-state index in [1.54, 1.807) is 0 Å². The minimum atomic E-state index is -0.231. The lowest BCUT2D eigenvalue weighted by Crippen LogP contribution is -2.35. The summed E-state index contributed by atoms with van der Waals surface area (Å²) in [6, 6.07) is 10.4. The van der Waals surface area contributed by atoms with Gasteiger partial charge in [0.05, 0.1) is 6.54 Å². The molecular weight excluding hydrogens is 316 g/mol. The van der Waals surface area contributed by atoms with Crippen molar-refractivity contribution in [1.82, 2.24) is 29.6 Å². The number of H-pyrrole nitrogens is 2. The van der Waals surface area contributed by atoms with Crippen molar-refractivity contribution in [2.45, 2.75) is 31.8 Å². The van der Waals surface area contributed by atoms with Crippen LogP contribution < -0.4 is 5.69 Å². The summed E-state index contributed by atoms with van der Waals surface area (Å²) in [5.74, 6) is 2.10. The van der Waals surface area contributed by atoms with E-state index in [0.29, 0.717) is 0 Å². The van der Waals surface area contributed by atoms with Crippen LogP contribution in [0.3, 0.4) is 0 Å². The van der Waals surface area contributed by atoms with Gasteiger partial charge in [0.25, 0.3) is 0 Å². The van der Waals surface area contributed by atoms with Gasteiger partial charge in [-0.1, -0.05) is 30.3 Å². The van der Waals surface area contributed by atoms with Crippen molar-refractivity contribution < 1.29 is 0 Å². The molecule has 1 saturated heterocycles. The Bertz CT molecular complexity index is 865. The van der Waals surface area contributed by atoms with Crippen molar-refractivity contribution in [3.8, 4) is 0 Å². The molecule has 0 radical (unpaired) electrons. The van der Waals surface area contributed by atoms with Gasteiger partial charge in [-0.2, -0.15) is 5.10 Å². The van der Waals surface area contributed by atoms with Crippen LogP contribution in [-0.4, -0.2) is 42.7 Å². The number of hydrogen-bond donors (Lipinski definition) is 2. The van der Waals surface area contributed by atoms with Crippen molar-refractivity contribution in [2.75, 3.05) is 13.1 Å². The SMILES string of the molecule is O=c1[nH]nc(C2CCCN(Cc3nccn3Cc3ccccc3)C2)[nH]1. The number of aromatic nitrogens is 5. The Hall–Kier alpha value is -2.67. The smallest absolute Gasteiger partial charge is 0.329 e. The number of hydrogen-bond acceptors (Lipinski definition) is 4. The van der Waals surface area contributed by atoms with Crippen LogP contribution in [0.25, 0.3) is 0 Å². The van der Waals surface area contributed by atoms with Gasteiger partial charge in [0, 0.05) is 31.4 Å². The molecule has 3 aromatic rings. The quantitative estimate of drug-likeness (QED) is 0.742. The van der Waals surface area contributed by atoms with Crippen molar-refractivity contribution in [3.63, 3.8) is 0 Å². The van der Waals surface area contributed by atoms with E-state index >= 15 is 0 Å². The van der Waals surface area contributed by atoms with E-state index < -0.39 is 0 Å². The Morgan fingerprint density at radius 1 is 1.20 bits per heavy atom. The molecule has 0 saturated carbocycles. The molecule has 25 heavy (non-hydrogen) atoms. The van der Waals surface area contributed by atoms with Gasteiger partial charge in [-0.3, -0.25) is 9.88 Å². The van der Waals surface area contributed by atoms with Gasteiger partial charge in [0.2, 0.25) is 0 Å². The molecule has 1 atom stereocenters. The molecule has 1 fully saturated rings. The fraction of sp³-hybridized carbons (Fsp3) is 0.389. The molecule has 0 aliphatic carbocycles. The van der Waals surface area contributed by atoms with Crippen molar-refractivity contribution in [1.29, 1.82) is 0 Å². The number of benzene rings is 1. The predicted molar refractivity (Wildman–Crippen MR) is 94.2 cm³/mol. The summed E-state index contributed by atoms with van der Waals surface area (Å²) in [6.07, 6.45) is 6.05. The largest absolute Gasteiger partial charge is 0.340 e. The third kappa shape index (κ3) is 3.71. The lowest BCUT2D eigenvalue weighted by molar-refractivity contribution is 0.190. The second kappa shape index (κ2) is 7.06. The normalized spacial score (nSPS) is 18.5. The molecule has 4 rings (SSSR count). The lowest BCUT2D eigenvalue weighted by Gasteiger charge is -2.31. The van der Waals surface area contributed by atoms with E-state index in [2.05, 4.69) is 53.9 Å². The molecule has 7 heteroatoms. The summed E-state index contributed by atoms with van der Waals surface area (Å²) in [4.78, 5) is 21.0. The molecule has 1 aliphatic rings. The predicted octanol–water partition coefficient (Wildman–Crippen LogP) is 1.72. The van der Waals surface area contributed by atoms with Gasteiger partial charge in [-0.05, 0) is 24.9 Å². The number of likely N-dealkylation sites (tertiary alicyclic amines) is 1. The molecule has 1 aromatic carbocycles. The zero-order valence-electron chi connectivity index (χ0n) is 14.1. The van der Waals surface area contributed by atoms with Gasteiger partial charge < -0.3 is 4.57 Å². The standard InChI is InChI=1S/C18H22N6O/c25-18-20-17(21-22-18)15-7-4-9-23(12-15)13-16-19-8-10-24(16)11-14-5-2-1-3-6-14/h1-3,5-6,8,10,15H,4,7,9,11-13H2,(H2,20,21,22,25). The lowest BCUT2D eigenvalue weighted by atomic mass is 9.97. The van der Waals surface area contributed by atoms with Crippen LogP contribution in [0, 0.1) is 0 Å². The summed E-state index contributed by atoms with van der Waals surface area (Å²) in [7, 11) is 0. The van der Waals surface area contributed by atoms with Crippen LogP contribution >= 0.6 is 0 Å². The van der Waals surface area contributed by atoms with E-state index in [4.69, 9.17) is 0 Å². The highest BCUT2D eigenvalue weighted by molar-refractivity contribution is 5.15. The average molecular weight is 338 g/mol. The van der Waals surface area contributed by atoms with E-state index in [1.807, 2.05) is 18.5 Å². The van der Waals surface area contributed by atoms with Crippen LogP contribution in [0.5, 0.6) is 0 Å². The average Bonchev–Trinajstić information content (AvgIpc) is 3.26. The Kier molecular flexibility index (Phi) is 4.47. The van der Waals surface area contributed by atoms with Gasteiger partial charge >= 0.3 is 5.69 Å². The molecule has 0 amide bonds. The first kappa shape index (κ1) is 15.8. The van der Waals surface area contributed by atoms with E-state index in [1.165, 1.54) is 5.56 Å². The van der Waals surface area contributed by atoms with Crippen molar-refractivity contribution >= 4 is 0 Å².